The van der Waals surface area contributed by atoms with E-state index in [1.54, 1.807) is 10.6 Å². The molecule has 240 valence electrons. The van der Waals surface area contributed by atoms with E-state index in [4.69, 9.17) is 58.0 Å². The van der Waals surface area contributed by atoms with Crippen LogP contribution in [0.5, 0.6) is 0 Å². The number of carbonyl (C=O) groups is 3. The minimum absolute atomic E-state index is 0.0397. The predicted octanol–water partition coefficient (Wildman–Crippen LogP) is 8.46. The molecule has 0 aromatic heterocycles. The van der Waals surface area contributed by atoms with Crippen LogP contribution in [0.2, 0.25) is 15.1 Å². The molecule has 2 atom stereocenters. The highest BCUT2D eigenvalue weighted by atomic mass is 35.5. The van der Waals surface area contributed by atoms with Gasteiger partial charge in [0.1, 0.15) is 22.4 Å². The van der Waals surface area contributed by atoms with Crippen LogP contribution in [0, 0.1) is 29.2 Å². The van der Waals surface area contributed by atoms with Crippen molar-refractivity contribution in [1.29, 1.82) is 0 Å². The Morgan fingerprint density at radius 3 is 2.07 bits per heavy atom. The third-order valence-corrected chi connectivity index (χ3v) is 8.35. The predicted molar refractivity (Wildman–Crippen MR) is 152 cm³/mol. The molecule has 3 amide bonds. The van der Waals surface area contributed by atoms with Crippen LogP contribution in [0.4, 0.5) is 47.8 Å². The van der Waals surface area contributed by atoms with Crippen molar-refractivity contribution in [1.82, 2.24) is 0 Å². The molecule has 0 heterocycles. The summed E-state index contributed by atoms with van der Waals surface area (Å²) in [6.45, 7) is -1.58. The quantitative estimate of drug-likeness (QED) is 0.123. The van der Waals surface area contributed by atoms with Crippen LogP contribution >= 0.6 is 58.0 Å². The topological polar surface area (TPSA) is 96.5 Å². The van der Waals surface area contributed by atoms with Crippen LogP contribution in [0.25, 0.3) is 0 Å². The Morgan fingerprint density at radius 2 is 1.47 bits per heavy atom. The fourth-order valence-electron chi connectivity index (χ4n) is 4.15. The van der Waals surface area contributed by atoms with E-state index in [0.29, 0.717) is 29.8 Å². The Labute approximate surface area is 272 Å². The second-order valence-corrected chi connectivity index (χ2v) is 11.9. The number of hydrogen-bond acceptors (Lipinski definition) is 4. The molecule has 0 bridgehead atoms. The van der Waals surface area contributed by atoms with Crippen molar-refractivity contribution in [3.8, 4) is 0 Å². The number of rotatable bonds is 8. The van der Waals surface area contributed by atoms with Crippen molar-refractivity contribution in [3.05, 3.63) is 85.9 Å². The van der Waals surface area contributed by atoms with Gasteiger partial charge in [-0.2, -0.15) is 0 Å². The van der Waals surface area contributed by atoms with Gasteiger partial charge >= 0.3 is 6.36 Å². The van der Waals surface area contributed by atoms with Crippen LogP contribution in [0.15, 0.2) is 36.4 Å². The third kappa shape index (κ3) is 7.69. The number of anilines is 3. The van der Waals surface area contributed by atoms with Gasteiger partial charge in [-0.15, -0.1) is 36.4 Å². The van der Waals surface area contributed by atoms with Gasteiger partial charge in [-0.05, 0) is 35.9 Å². The monoisotopic (exact) mass is 739 g/mol. The Hall–Kier alpha value is -3.01. The molecule has 7 nitrogen and oxygen atoms in total. The first-order chi connectivity index (χ1) is 20.8. The first kappa shape index (κ1) is 34.9. The lowest BCUT2D eigenvalue weighted by atomic mass is 10.1. The fourth-order valence-corrected chi connectivity index (χ4v) is 5.59. The molecule has 0 saturated heterocycles. The number of alkyl halides is 5. The van der Waals surface area contributed by atoms with Gasteiger partial charge in [-0.25, -0.2) is 17.6 Å². The first-order valence-electron chi connectivity index (χ1n) is 11.9. The van der Waals surface area contributed by atoms with Crippen molar-refractivity contribution in [2.45, 2.75) is 16.6 Å². The molecule has 45 heavy (non-hydrogen) atoms. The molecule has 0 spiro atoms. The van der Waals surface area contributed by atoms with Crippen molar-refractivity contribution in [3.63, 3.8) is 0 Å². The van der Waals surface area contributed by atoms with Gasteiger partial charge < -0.3 is 16.0 Å². The van der Waals surface area contributed by atoms with E-state index in [-0.39, 0.29) is 15.1 Å². The standard InChI is InChI=1S/C26H13Cl5F7N3O4/c27-11-3-8(4-12(28)19(11)29)17-18(25(17,30)31)24(44)39-9-5-10(20(34)14(33)6-9)23(43)41-22-13(32)1-2-15(21(22)35)40-16(42)7-45-26(36,37)38/h1-6,17-18H,7H2,(H,39,44)(H,40,42)(H,41,43)/t17-,18+/m0/s1. The van der Waals surface area contributed by atoms with Crippen molar-refractivity contribution in [2.24, 2.45) is 5.92 Å². The molecular formula is C26H13Cl5F7N3O4. The van der Waals surface area contributed by atoms with Crippen molar-refractivity contribution >= 4 is 92.8 Å². The minimum Gasteiger partial charge on any atom is -0.326 e. The molecule has 0 radical (unpaired) electrons. The lowest BCUT2D eigenvalue weighted by Gasteiger charge is -2.14. The fraction of sp³-hybridized carbons (Fsp3) is 0.192. The van der Waals surface area contributed by atoms with Crippen LogP contribution < -0.4 is 16.0 Å². The third-order valence-electron chi connectivity index (χ3n) is 6.21. The molecule has 1 aliphatic rings. The van der Waals surface area contributed by atoms with E-state index in [1.807, 2.05) is 0 Å². The van der Waals surface area contributed by atoms with Gasteiger partial charge in [0.2, 0.25) is 5.91 Å². The smallest absolute Gasteiger partial charge is 0.326 e. The summed E-state index contributed by atoms with van der Waals surface area (Å²) in [4.78, 5) is 37.4. The second kappa shape index (κ2) is 13.0. The summed E-state index contributed by atoms with van der Waals surface area (Å²) in [6.07, 6.45) is -5.18. The Bertz CT molecular complexity index is 1700. The molecule has 4 rings (SSSR count). The van der Waals surface area contributed by atoms with Crippen LogP contribution in [0.1, 0.15) is 21.8 Å². The molecule has 0 aliphatic heterocycles. The summed E-state index contributed by atoms with van der Waals surface area (Å²) in [5, 5.41) is 5.69. The zero-order valence-electron chi connectivity index (χ0n) is 21.5. The van der Waals surface area contributed by atoms with Crippen molar-refractivity contribution in [2.75, 3.05) is 22.6 Å². The zero-order chi connectivity index (χ0) is 33.6. The Kier molecular flexibility index (Phi) is 10.1. The summed E-state index contributed by atoms with van der Waals surface area (Å²) >= 11 is 30.6. The van der Waals surface area contributed by atoms with E-state index in [9.17, 15) is 45.1 Å². The zero-order valence-corrected chi connectivity index (χ0v) is 25.3. The van der Waals surface area contributed by atoms with Crippen LogP contribution in [-0.2, 0) is 14.3 Å². The van der Waals surface area contributed by atoms with E-state index < -0.39 is 92.8 Å². The van der Waals surface area contributed by atoms with Gasteiger partial charge in [-0.3, -0.25) is 19.1 Å². The van der Waals surface area contributed by atoms with Crippen LogP contribution in [0.3, 0.4) is 0 Å². The maximum Gasteiger partial charge on any atom is 0.523 e. The molecule has 1 fully saturated rings. The first-order valence-corrected chi connectivity index (χ1v) is 13.8. The number of benzene rings is 3. The number of hydrogen-bond donors (Lipinski definition) is 3. The van der Waals surface area contributed by atoms with Crippen LogP contribution in [-0.4, -0.2) is 35.0 Å². The summed E-state index contributed by atoms with van der Waals surface area (Å²) in [5.41, 5.74) is -3.45. The average molecular weight is 742 g/mol. The lowest BCUT2D eigenvalue weighted by molar-refractivity contribution is -0.320. The highest BCUT2D eigenvalue weighted by Gasteiger charge is 2.67. The summed E-state index contributed by atoms with van der Waals surface area (Å²) < 4.78 is 96.4. The number of ether oxygens (including phenoxy) is 1. The average Bonchev–Trinajstić information content (AvgIpc) is 3.53. The molecule has 0 unspecified atom stereocenters. The second-order valence-electron chi connectivity index (χ2n) is 9.26. The largest absolute Gasteiger partial charge is 0.523 e. The van der Waals surface area contributed by atoms with E-state index in [2.05, 4.69) is 10.1 Å². The molecule has 19 heteroatoms. The molecule has 1 saturated carbocycles. The SMILES string of the molecule is O=C(COC(F)(F)F)Nc1ccc(F)c(NC(=O)c2cc(NC(=O)[C@H]3[C@H](c4cc(Cl)c(Cl)c(Cl)c4)C3(Cl)Cl)cc(F)c2F)c1F. The van der Waals surface area contributed by atoms with Gasteiger partial charge in [-0.1, -0.05) is 34.8 Å². The number of nitrogens with one attached hydrogen (secondary N) is 3. The lowest BCUT2D eigenvalue weighted by Crippen LogP contribution is -2.25. The van der Waals surface area contributed by atoms with Gasteiger partial charge in [0.25, 0.3) is 11.8 Å². The van der Waals surface area contributed by atoms with Gasteiger partial charge in [0.05, 0.1) is 32.2 Å². The number of carbonyl (C=O) groups excluding carboxylic acids is 3. The van der Waals surface area contributed by atoms with Gasteiger partial charge in [0, 0.05) is 17.7 Å². The number of amides is 3. The summed E-state index contributed by atoms with van der Waals surface area (Å²) in [7, 11) is 0. The van der Waals surface area contributed by atoms with E-state index in [0.717, 1.165) is 0 Å². The molecule has 3 aromatic rings. The van der Waals surface area contributed by atoms with E-state index >= 15 is 0 Å². The maximum absolute atomic E-state index is 14.9. The van der Waals surface area contributed by atoms with Gasteiger partial charge in [0.15, 0.2) is 17.5 Å². The maximum atomic E-state index is 14.9. The molecule has 3 N–H and O–H groups in total. The number of halogens is 12. The molecular weight excluding hydrogens is 729 g/mol. The van der Waals surface area contributed by atoms with E-state index in [1.165, 1.54) is 12.1 Å². The Balaban J connectivity index is 1.53. The highest BCUT2D eigenvalue weighted by Crippen LogP contribution is 2.65. The molecule has 3 aromatic carbocycles. The Morgan fingerprint density at radius 1 is 0.844 bits per heavy atom. The van der Waals surface area contributed by atoms with Crippen molar-refractivity contribution < 1.29 is 49.9 Å². The highest BCUT2D eigenvalue weighted by molar-refractivity contribution is 6.54. The summed E-state index contributed by atoms with van der Waals surface area (Å²) in [6, 6.07) is 5.03. The normalized spacial score (nSPS) is 17.1. The molecule has 1 aliphatic carbocycles. The minimum atomic E-state index is -5.18. The summed E-state index contributed by atoms with van der Waals surface area (Å²) in [5.74, 6) is -12.7.